The van der Waals surface area contributed by atoms with Crippen LogP contribution in [0.4, 0.5) is 0 Å². The molecule has 0 spiro atoms. The molecule has 4 nitrogen and oxygen atoms in total. The molecule has 1 heterocycles. The Morgan fingerprint density at radius 3 is 2.28 bits per heavy atom. The Bertz CT molecular complexity index is 744. The molecule has 1 aromatic carbocycles. The van der Waals surface area contributed by atoms with Crippen LogP contribution in [-0.4, -0.2) is 32.7 Å². The van der Waals surface area contributed by atoms with Crippen LogP contribution in [0.25, 0.3) is 6.08 Å². The number of carboxylic acids is 1. The van der Waals surface area contributed by atoms with Crippen LogP contribution in [0.3, 0.4) is 0 Å². The van der Waals surface area contributed by atoms with E-state index in [4.69, 9.17) is 17.3 Å². The molecule has 1 aliphatic heterocycles. The van der Waals surface area contributed by atoms with E-state index in [2.05, 4.69) is 0 Å². The zero-order chi connectivity index (χ0) is 20.9. The van der Waals surface area contributed by atoms with E-state index in [0.717, 1.165) is 56.9 Å². The number of benzene rings is 1. The second-order valence-corrected chi connectivity index (χ2v) is 8.77. The van der Waals surface area contributed by atoms with Crippen molar-refractivity contribution in [1.29, 1.82) is 0 Å². The van der Waals surface area contributed by atoms with Crippen LogP contribution in [0.5, 0.6) is 0 Å². The third-order valence-corrected chi connectivity index (χ3v) is 6.13. The summed E-state index contributed by atoms with van der Waals surface area (Å²) in [5.74, 6) is -0.695. The monoisotopic (exact) mass is 431 g/mol. The average Bonchev–Trinajstić information content (AvgIpc) is 2.97. The number of nitrogens with zero attached hydrogens (tertiary/aromatic N) is 1. The number of thioether (sulfide) groups is 1. The number of carboxylic acid groups (broad SMARTS) is 1. The minimum absolute atomic E-state index is 0.0103. The van der Waals surface area contributed by atoms with Gasteiger partial charge in [0, 0.05) is 13.0 Å². The maximum Gasteiger partial charge on any atom is 0.303 e. The van der Waals surface area contributed by atoms with Gasteiger partial charge in [0.1, 0.15) is 4.32 Å². The summed E-state index contributed by atoms with van der Waals surface area (Å²) in [5, 5.41) is 8.60. The first-order valence-corrected chi connectivity index (χ1v) is 11.5. The molecule has 6 heteroatoms. The summed E-state index contributed by atoms with van der Waals surface area (Å²) in [4.78, 5) is 25.4. The molecule has 0 aliphatic carbocycles. The highest BCUT2D eigenvalue weighted by Crippen LogP contribution is 2.31. The van der Waals surface area contributed by atoms with Crippen LogP contribution in [-0.2, 0) is 9.59 Å². The summed E-state index contributed by atoms with van der Waals surface area (Å²) in [6.45, 7) is 0.684. The lowest BCUT2D eigenvalue weighted by atomic mass is 10.1. The molecule has 1 aromatic rings. The molecule has 2 rings (SSSR count). The number of hydrogen-bond acceptors (Lipinski definition) is 4. The summed E-state index contributed by atoms with van der Waals surface area (Å²) >= 11 is 6.75. The molecule has 0 aromatic heterocycles. The third-order valence-electron chi connectivity index (χ3n) is 4.73. The van der Waals surface area contributed by atoms with E-state index in [1.807, 2.05) is 48.6 Å². The molecule has 0 bridgehead atoms. The van der Waals surface area contributed by atoms with E-state index in [9.17, 15) is 9.59 Å². The number of carbonyl (C=O) groups is 2. The Hall–Kier alpha value is -1.92. The van der Waals surface area contributed by atoms with Gasteiger partial charge in [-0.2, -0.15) is 0 Å². The Kier molecular flexibility index (Phi) is 10.7. The number of hydrogen-bond donors (Lipinski definition) is 1. The zero-order valence-corrected chi connectivity index (χ0v) is 18.4. The first-order valence-electron chi connectivity index (χ1n) is 10.3. The number of allylic oxidation sites excluding steroid dienone is 2. The molecule has 1 aliphatic rings. The zero-order valence-electron chi connectivity index (χ0n) is 16.7. The van der Waals surface area contributed by atoms with E-state index >= 15 is 0 Å². The van der Waals surface area contributed by atoms with Crippen LogP contribution >= 0.6 is 24.0 Å². The van der Waals surface area contributed by atoms with Crippen LogP contribution in [0, 0.1) is 0 Å². The van der Waals surface area contributed by atoms with Gasteiger partial charge >= 0.3 is 5.97 Å². The maximum absolute atomic E-state index is 12.5. The first-order chi connectivity index (χ1) is 14.1. The molecule has 1 N–H and O–H groups in total. The van der Waals surface area contributed by atoms with Crippen molar-refractivity contribution in [3.63, 3.8) is 0 Å². The van der Waals surface area contributed by atoms with Crippen molar-refractivity contribution in [2.24, 2.45) is 0 Å². The van der Waals surface area contributed by atoms with Crippen molar-refractivity contribution in [3.05, 3.63) is 53.0 Å². The summed E-state index contributed by atoms with van der Waals surface area (Å²) in [5.41, 5.74) is 1.10. The highest BCUT2D eigenvalue weighted by atomic mass is 32.2. The van der Waals surface area contributed by atoms with Gasteiger partial charge in [0.25, 0.3) is 5.91 Å². The minimum atomic E-state index is -0.706. The van der Waals surface area contributed by atoms with Crippen molar-refractivity contribution < 1.29 is 14.7 Å². The molecule has 156 valence electrons. The predicted molar refractivity (Wildman–Crippen MR) is 125 cm³/mol. The van der Waals surface area contributed by atoms with Crippen LogP contribution < -0.4 is 0 Å². The lowest BCUT2D eigenvalue weighted by molar-refractivity contribution is -0.137. The second-order valence-electron chi connectivity index (χ2n) is 7.10. The van der Waals surface area contributed by atoms with Crippen molar-refractivity contribution in [2.75, 3.05) is 6.54 Å². The van der Waals surface area contributed by atoms with E-state index in [1.165, 1.54) is 11.8 Å². The Morgan fingerprint density at radius 2 is 1.62 bits per heavy atom. The van der Waals surface area contributed by atoms with Gasteiger partial charge in [0.2, 0.25) is 0 Å². The quantitative estimate of drug-likeness (QED) is 0.234. The van der Waals surface area contributed by atoms with Crippen molar-refractivity contribution in [1.82, 2.24) is 4.90 Å². The van der Waals surface area contributed by atoms with Crippen molar-refractivity contribution in [2.45, 2.75) is 57.8 Å². The Morgan fingerprint density at radius 1 is 1.00 bits per heavy atom. The van der Waals surface area contributed by atoms with E-state index in [1.54, 1.807) is 4.90 Å². The average molecular weight is 432 g/mol. The SMILES string of the molecule is O=C(O)CCCCCCCCCCN1C(=O)/C(=C/C=C/c2ccccc2)SC1=S. The van der Waals surface area contributed by atoms with Gasteiger partial charge in [0.05, 0.1) is 4.91 Å². The number of rotatable bonds is 13. The largest absolute Gasteiger partial charge is 0.481 e. The number of aliphatic carboxylic acids is 1. The predicted octanol–water partition coefficient (Wildman–Crippen LogP) is 6.04. The normalized spacial score (nSPS) is 15.7. The maximum atomic E-state index is 12.5. The van der Waals surface area contributed by atoms with Gasteiger partial charge < -0.3 is 5.11 Å². The highest BCUT2D eigenvalue weighted by molar-refractivity contribution is 8.26. The van der Waals surface area contributed by atoms with Crippen LogP contribution in [0.1, 0.15) is 63.4 Å². The standard InChI is InChI=1S/C23H29NO3S2/c25-21(26)17-10-5-3-1-2-4-6-11-18-24-22(27)20(29-23(24)28)16-12-15-19-13-8-7-9-14-19/h7-9,12-16H,1-6,10-11,17-18H2,(H,25,26)/b15-12+,20-16-. The fraction of sp³-hybridized carbons (Fsp3) is 0.435. The summed E-state index contributed by atoms with van der Waals surface area (Å²) < 4.78 is 0.646. The lowest BCUT2D eigenvalue weighted by Gasteiger charge is -2.13. The summed E-state index contributed by atoms with van der Waals surface area (Å²) in [6.07, 6.45) is 14.4. The number of amides is 1. The molecule has 0 atom stereocenters. The smallest absolute Gasteiger partial charge is 0.303 e. The second kappa shape index (κ2) is 13.3. The van der Waals surface area contributed by atoms with Gasteiger partial charge in [-0.25, -0.2) is 0 Å². The molecule has 1 saturated heterocycles. The minimum Gasteiger partial charge on any atom is -0.481 e. The number of thiocarbonyl (C=S) groups is 1. The van der Waals surface area contributed by atoms with Gasteiger partial charge in [-0.05, 0) is 24.5 Å². The molecular formula is C23H29NO3S2. The van der Waals surface area contributed by atoms with Crippen LogP contribution in [0.15, 0.2) is 47.4 Å². The van der Waals surface area contributed by atoms with Gasteiger partial charge in [-0.3, -0.25) is 14.5 Å². The topological polar surface area (TPSA) is 57.6 Å². The van der Waals surface area contributed by atoms with Crippen molar-refractivity contribution in [3.8, 4) is 0 Å². The molecule has 29 heavy (non-hydrogen) atoms. The molecule has 1 amide bonds. The van der Waals surface area contributed by atoms with Crippen LogP contribution in [0.2, 0.25) is 0 Å². The highest BCUT2D eigenvalue weighted by Gasteiger charge is 2.30. The molecule has 0 radical (unpaired) electrons. The fourth-order valence-corrected chi connectivity index (χ4v) is 4.38. The van der Waals surface area contributed by atoms with E-state index in [0.29, 0.717) is 15.8 Å². The van der Waals surface area contributed by atoms with E-state index < -0.39 is 5.97 Å². The molecule has 0 saturated carbocycles. The van der Waals surface area contributed by atoms with Gasteiger partial charge in [-0.1, -0.05) is 105 Å². The molecule has 1 fully saturated rings. The summed E-state index contributed by atoms with van der Waals surface area (Å²) in [6, 6.07) is 9.99. The van der Waals surface area contributed by atoms with Gasteiger partial charge in [0.15, 0.2) is 0 Å². The number of carbonyl (C=O) groups excluding carboxylic acids is 1. The van der Waals surface area contributed by atoms with Crippen molar-refractivity contribution >= 4 is 46.3 Å². The first kappa shape index (κ1) is 23.4. The molecular weight excluding hydrogens is 402 g/mol. The summed E-state index contributed by atoms with van der Waals surface area (Å²) in [7, 11) is 0. The van der Waals surface area contributed by atoms with Gasteiger partial charge in [-0.15, -0.1) is 0 Å². The third kappa shape index (κ3) is 8.96. The Labute approximate surface area is 183 Å². The molecule has 0 unspecified atom stereocenters. The van der Waals surface area contributed by atoms with E-state index in [-0.39, 0.29) is 12.3 Å². The fourth-order valence-electron chi connectivity index (χ4n) is 3.12. The Balaban J connectivity index is 1.61. The lowest BCUT2D eigenvalue weighted by Crippen LogP contribution is -2.29. The number of unbranched alkanes of at least 4 members (excludes halogenated alkanes) is 7.